The third-order valence-corrected chi connectivity index (χ3v) is 3.33. The van der Waals surface area contributed by atoms with Crippen molar-refractivity contribution in [3.8, 4) is 0 Å². The van der Waals surface area contributed by atoms with Crippen molar-refractivity contribution in [3.05, 3.63) is 28.7 Å². The van der Waals surface area contributed by atoms with Gasteiger partial charge in [-0.15, -0.1) is 0 Å². The summed E-state index contributed by atoms with van der Waals surface area (Å²) in [4.78, 5) is 11.8. The first-order chi connectivity index (χ1) is 7.49. The highest BCUT2D eigenvalue weighted by Gasteiger charge is 2.31. The van der Waals surface area contributed by atoms with Crippen molar-refractivity contribution < 1.29 is 5.11 Å². The normalized spacial score (nSPS) is 30.2. The molecule has 0 radical (unpaired) electrons. The standard InChI is InChI=1S/C12H18N2O2/c1-12(16)6-2-4-9(8-12)14-7-3-5-10(13)11(14)15/h3,5,7,9,16H,2,4,6,8,13H2,1H3/t9?,12-/m1/s1. The summed E-state index contributed by atoms with van der Waals surface area (Å²) in [6, 6.07) is 3.46. The number of aliphatic hydroxyl groups is 1. The summed E-state index contributed by atoms with van der Waals surface area (Å²) in [6.07, 6.45) is 5.06. The number of aromatic nitrogens is 1. The molecule has 1 aromatic heterocycles. The van der Waals surface area contributed by atoms with E-state index in [9.17, 15) is 9.90 Å². The molecule has 1 aliphatic carbocycles. The minimum absolute atomic E-state index is 0.0692. The maximum absolute atomic E-state index is 11.8. The number of nitrogens with two attached hydrogens (primary N) is 1. The molecule has 1 fully saturated rings. The van der Waals surface area contributed by atoms with Gasteiger partial charge in [-0.1, -0.05) is 0 Å². The van der Waals surface area contributed by atoms with Gasteiger partial charge in [0.25, 0.3) is 5.56 Å². The van der Waals surface area contributed by atoms with Gasteiger partial charge in [0.1, 0.15) is 0 Å². The largest absolute Gasteiger partial charge is 0.394 e. The molecule has 2 atom stereocenters. The van der Waals surface area contributed by atoms with E-state index in [1.54, 1.807) is 22.9 Å². The van der Waals surface area contributed by atoms with Gasteiger partial charge in [-0.25, -0.2) is 0 Å². The zero-order valence-corrected chi connectivity index (χ0v) is 9.52. The predicted octanol–water partition coefficient (Wildman–Crippen LogP) is 1.30. The minimum atomic E-state index is -0.660. The van der Waals surface area contributed by atoms with E-state index in [-0.39, 0.29) is 17.3 Å². The monoisotopic (exact) mass is 222 g/mol. The summed E-state index contributed by atoms with van der Waals surface area (Å²) in [5.41, 5.74) is 5.06. The lowest BCUT2D eigenvalue weighted by atomic mass is 9.83. The number of pyridine rings is 1. The van der Waals surface area contributed by atoms with Crippen molar-refractivity contribution in [1.29, 1.82) is 0 Å². The fraction of sp³-hybridized carbons (Fsp3) is 0.583. The first-order valence-electron chi connectivity index (χ1n) is 5.69. The van der Waals surface area contributed by atoms with Crippen molar-refractivity contribution >= 4 is 5.69 Å². The van der Waals surface area contributed by atoms with Crippen LogP contribution < -0.4 is 11.3 Å². The summed E-state index contributed by atoms with van der Waals surface area (Å²) in [5.74, 6) is 0. The molecule has 0 aliphatic heterocycles. The Morgan fingerprint density at radius 2 is 2.38 bits per heavy atom. The Bertz CT molecular complexity index is 437. The maximum atomic E-state index is 11.8. The van der Waals surface area contributed by atoms with Crippen LogP contribution >= 0.6 is 0 Å². The number of nitrogen functional groups attached to an aromatic ring is 1. The zero-order chi connectivity index (χ0) is 11.8. The van der Waals surface area contributed by atoms with E-state index in [0.29, 0.717) is 6.42 Å². The highest BCUT2D eigenvalue weighted by molar-refractivity contribution is 5.33. The molecule has 1 heterocycles. The average Bonchev–Trinajstić information content (AvgIpc) is 2.20. The first-order valence-corrected chi connectivity index (χ1v) is 5.69. The third kappa shape index (κ3) is 2.11. The highest BCUT2D eigenvalue weighted by Crippen LogP contribution is 2.34. The Labute approximate surface area is 94.7 Å². The van der Waals surface area contributed by atoms with Gasteiger partial charge < -0.3 is 15.4 Å². The van der Waals surface area contributed by atoms with E-state index in [0.717, 1.165) is 19.3 Å². The summed E-state index contributed by atoms with van der Waals surface area (Å²) >= 11 is 0. The van der Waals surface area contributed by atoms with Gasteiger partial charge in [0, 0.05) is 12.2 Å². The molecule has 3 N–H and O–H groups in total. The lowest BCUT2D eigenvalue weighted by Gasteiger charge is -2.34. The van der Waals surface area contributed by atoms with E-state index in [4.69, 9.17) is 5.73 Å². The SMILES string of the molecule is C[C@@]1(O)CCCC(n2cccc(N)c2=O)C1. The molecular weight excluding hydrogens is 204 g/mol. The molecule has 0 bridgehead atoms. The molecule has 1 aromatic rings. The van der Waals surface area contributed by atoms with Gasteiger partial charge in [0.15, 0.2) is 0 Å². The highest BCUT2D eigenvalue weighted by atomic mass is 16.3. The quantitative estimate of drug-likeness (QED) is 0.752. The second-order valence-electron chi connectivity index (χ2n) is 4.92. The van der Waals surface area contributed by atoms with Crippen LogP contribution in [0.15, 0.2) is 23.1 Å². The molecule has 16 heavy (non-hydrogen) atoms. The lowest BCUT2D eigenvalue weighted by Crippen LogP contribution is -2.36. The van der Waals surface area contributed by atoms with Gasteiger partial charge in [-0.2, -0.15) is 0 Å². The molecule has 0 aromatic carbocycles. The van der Waals surface area contributed by atoms with Crippen LogP contribution in [0.25, 0.3) is 0 Å². The van der Waals surface area contributed by atoms with Crippen molar-refractivity contribution in [2.75, 3.05) is 5.73 Å². The van der Waals surface area contributed by atoms with E-state index >= 15 is 0 Å². The molecule has 1 saturated carbocycles. The number of hydrogen-bond acceptors (Lipinski definition) is 3. The van der Waals surface area contributed by atoms with Crippen LogP contribution in [-0.2, 0) is 0 Å². The first kappa shape index (κ1) is 11.2. The molecule has 4 heteroatoms. The lowest BCUT2D eigenvalue weighted by molar-refractivity contribution is 0.00335. The van der Waals surface area contributed by atoms with Crippen LogP contribution in [-0.4, -0.2) is 15.3 Å². The zero-order valence-electron chi connectivity index (χ0n) is 9.52. The van der Waals surface area contributed by atoms with Gasteiger partial charge in [-0.05, 0) is 44.7 Å². The topological polar surface area (TPSA) is 68.2 Å². The summed E-state index contributed by atoms with van der Waals surface area (Å²) in [6.45, 7) is 1.83. The van der Waals surface area contributed by atoms with E-state index in [2.05, 4.69) is 0 Å². The molecule has 88 valence electrons. The summed E-state index contributed by atoms with van der Waals surface area (Å²) in [7, 11) is 0. The van der Waals surface area contributed by atoms with Crippen LogP contribution in [0.4, 0.5) is 5.69 Å². The molecule has 1 aliphatic rings. The molecule has 0 saturated heterocycles. The fourth-order valence-electron chi connectivity index (χ4n) is 2.48. The summed E-state index contributed by atoms with van der Waals surface area (Å²) < 4.78 is 1.66. The second-order valence-corrected chi connectivity index (χ2v) is 4.92. The van der Waals surface area contributed by atoms with Crippen LogP contribution in [0.2, 0.25) is 0 Å². The summed E-state index contributed by atoms with van der Waals surface area (Å²) in [5, 5.41) is 10.0. The van der Waals surface area contributed by atoms with Crippen molar-refractivity contribution in [3.63, 3.8) is 0 Å². The number of rotatable bonds is 1. The van der Waals surface area contributed by atoms with E-state index in [1.165, 1.54) is 0 Å². The van der Waals surface area contributed by atoms with E-state index in [1.807, 2.05) is 6.92 Å². The Morgan fingerprint density at radius 1 is 1.62 bits per heavy atom. The third-order valence-electron chi connectivity index (χ3n) is 3.33. The predicted molar refractivity (Wildman–Crippen MR) is 63.2 cm³/mol. The Morgan fingerprint density at radius 3 is 3.06 bits per heavy atom. The van der Waals surface area contributed by atoms with Crippen LogP contribution in [0.1, 0.15) is 38.6 Å². The van der Waals surface area contributed by atoms with Crippen LogP contribution in [0.5, 0.6) is 0 Å². The van der Waals surface area contributed by atoms with Gasteiger partial charge in [-0.3, -0.25) is 4.79 Å². The maximum Gasteiger partial charge on any atom is 0.273 e. The Balaban J connectivity index is 2.31. The van der Waals surface area contributed by atoms with Gasteiger partial charge >= 0.3 is 0 Å². The number of hydrogen-bond donors (Lipinski definition) is 2. The number of nitrogens with zero attached hydrogens (tertiary/aromatic N) is 1. The molecule has 0 spiro atoms. The van der Waals surface area contributed by atoms with Gasteiger partial charge in [0.2, 0.25) is 0 Å². The molecule has 0 amide bonds. The Hall–Kier alpha value is -1.29. The van der Waals surface area contributed by atoms with Crippen molar-refractivity contribution in [1.82, 2.24) is 4.57 Å². The van der Waals surface area contributed by atoms with Crippen molar-refractivity contribution in [2.24, 2.45) is 0 Å². The molecular formula is C12H18N2O2. The van der Waals surface area contributed by atoms with Crippen LogP contribution in [0.3, 0.4) is 0 Å². The molecule has 1 unspecified atom stereocenters. The molecule has 4 nitrogen and oxygen atoms in total. The van der Waals surface area contributed by atoms with Crippen LogP contribution in [0, 0.1) is 0 Å². The Kier molecular flexibility index (Phi) is 2.76. The fourth-order valence-corrected chi connectivity index (χ4v) is 2.48. The number of anilines is 1. The van der Waals surface area contributed by atoms with Gasteiger partial charge in [0.05, 0.1) is 11.3 Å². The minimum Gasteiger partial charge on any atom is -0.394 e. The van der Waals surface area contributed by atoms with E-state index < -0.39 is 5.60 Å². The van der Waals surface area contributed by atoms with Crippen molar-refractivity contribution in [2.45, 2.75) is 44.2 Å². The molecule has 2 rings (SSSR count). The smallest absolute Gasteiger partial charge is 0.273 e. The average molecular weight is 222 g/mol. The second kappa shape index (κ2) is 3.94.